The standard InChI is InChI=1S/C17H21N5O/c1-12(14-4-6-15(23-3)7-5-14)10-11-18-16-8-9-17-20-19-13(2)22(17)21-16/h4-9,12H,10-11H2,1-3H3,(H,18,21). The maximum Gasteiger partial charge on any atom is 0.178 e. The summed E-state index contributed by atoms with van der Waals surface area (Å²) in [5.74, 6) is 2.98. The SMILES string of the molecule is COc1ccc(C(C)CCNc2ccc3nnc(C)n3n2)cc1. The second-order valence-electron chi connectivity index (χ2n) is 5.63. The first-order valence-corrected chi connectivity index (χ1v) is 7.74. The minimum absolute atomic E-state index is 0.466. The predicted octanol–water partition coefficient (Wildman–Crippen LogP) is 3.05. The number of nitrogens with one attached hydrogen (secondary N) is 1. The molecule has 0 spiro atoms. The number of fused-ring (bicyclic) bond motifs is 1. The molecule has 1 aromatic carbocycles. The third kappa shape index (κ3) is 3.41. The van der Waals surface area contributed by atoms with Crippen molar-refractivity contribution in [2.75, 3.05) is 19.0 Å². The summed E-state index contributed by atoms with van der Waals surface area (Å²) in [5.41, 5.74) is 2.07. The van der Waals surface area contributed by atoms with Gasteiger partial charge in [0, 0.05) is 6.54 Å². The fraction of sp³-hybridized carbons (Fsp3) is 0.353. The lowest BCUT2D eigenvalue weighted by Crippen LogP contribution is -2.09. The summed E-state index contributed by atoms with van der Waals surface area (Å²) < 4.78 is 6.94. The molecule has 0 aliphatic carbocycles. The quantitative estimate of drug-likeness (QED) is 0.758. The zero-order valence-electron chi connectivity index (χ0n) is 13.7. The summed E-state index contributed by atoms with van der Waals surface area (Å²) in [4.78, 5) is 0. The van der Waals surface area contributed by atoms with E-state index in [1.807, 2.05) is 31.2 Å². The molecule has 6 heteroatoms. The molecular weight excluding hydrogens is 290 g/mol. The van der Waals surface area contributed by atoms with Crippen LogP contribution in [0, 0.1) is 6.92 Å². The smallest absolute Gasteiger partial charge is 0.178 e. The van der Waals surface area contributed by atoms with Crippen LogP contribution in [-0.2, 0) is 0 Å². The number of nitrogens with zero attached hydrogens (tertiary/aromatic N) is 4. The van der Waals surface area contributed by atoms with Crippen molar-refractivity contribution in [2.24, 2.45) is 0 Å². The first kappa shape index (κ1) is 15.3. The molecule has 1 N–H and O–H groups in total. The Bertz CT molecular complexity index is 781. The van der Waals surface area contributed by atoms with E-state index < -0.39 is 0 Å². The van der Waals surface area contributed by atoms with Crippen molar-refractivity contribution in [3.05, 3.63) is 47.8 Å². The minimum atomic E-state index is 0.466. The van der Waals surface area contributed by atoms with Gasteiger partial charge in [0.25, 0.3) is 0 Å². The van der Waals surface area contributed by atoms with Gasteiger partial charge in [0.15, 0.2) is 11.5 Å². The molecular formula is C17H21N5O. The monoisotopic (exact) mass is 311 g/mol. The average Bonchev–Trinajstić information content (AvgIpc) is 2.96. The Kier molecular flexibility index (Phi) is 4.41. The molecule has 2 aromatic heterocycles. The van der Waals surface area contributed by atoms with Crippen LogP contribution < -0.4 is 10.1 Å². The Morgan fingerprint density at radius 3 is 2.65 bits per heavy atom. The van der Waals surface area contributed by atoms with E-state index >= 15 is 0 Å². The zero-order chi connectivity index (χ0) is 16.2. The van der Waals surface area contributed by atoms with Crippen LogP contribution in [0.4, 0.5) is 5.82 Å². The van der Waals surface area contributed by atoms with Crippen molar-refractivity contribution < 1.29 is 4.74 Å². The number of hydrogen-bond donors (Lipinski definition) is 1. The number of methoxy groups -OCH3 is 1. The maximum atomic E-state index is 5.19. The predicted molar refractivity (Wildman–Crippen MR) is 90.0 cm³/mol. The van der Waals surface area contributed by atoms with Crippen LogP contribution >= 0.6 is 0 Å². The van der Waals surface area contributed by atoms with Gasteiger partial charge in [-0.3, -0.25) is 0 Å². The van der Waals surface area contributed by atoms with Crippen molar-refractivity contribution in [1.82, 2.24) is 19.8 Å². The molecule has 2 heterocycles. The highest BCUT2D eigenvalue weighted by Gasteiger charge is 2.07. The maximum absolute atomic E-state index is 5.19. The molecule has 0 aliphatic heterocycles. The number of aromatic nitrogens is 4. The van der Waals surface area contributed by atoms with Crippen molar-refractivity contribution >= 4 is 11.5 Å². The number of aryl methyl sites for hydroxylation is 1. The molecule has 0 bridgehead atoms. The highest BCUT2D eigenvalue weighted by atomic mass is 16.5. The third-order valence-electron chi connectivity index (χ3n) is 3.99. The highest BCUT2D eigenvalue weighted by molar-refractivity contribution is 5.43. The van der Waals surface area contributed by atoms with Gasteiger partial charge in [0.05, 0.1) is 7.11 Å². The van der Waals surface area contributed by atoms with Crippen molar-refractivity contribution in [1.29, 1.82) is 0 Å². The minimum Gasteiger partial charge on any atom is -0.497 e. The molecule has 0 fully saturated rings. The van der Waals surface area contributed by atoms with Crippen LogP contribution in [-0.4, -0.2) is 33.5 Å². The molecule has 0 radical (unpaired) electrons. The zero-order valence-corrected chi connectivity index (χ0v) is 13.7. The number of anilines is 1. The molecule has 0 saturated heterocycles. The molecule has 6 nitrogen and oxygen atoms in total. The average molecular weight is 311 g/mol. The number of rotatable bonds is 6. The van der Waals surface area contributed by atoms with E-state index in [1.54, 1.807) is 11.6 Å². The Hall–Kier alpha value is -2.63. The van der Waals surface area contributed by atoms with Crippen LogP contribution in [0.1, 0.15) is 30.7 Å². The van der Waals surface area contributed by atoms with Crippen LogP contribution in [0.5, 0.6) is 5.75 Å². The fourth-order valence-electron chi connectivity index (χ4n) is 2.51. The Morgan fingerprint density at radius 2 is 1.91 bits per heavy atom. The van der Waals surface area contributed by atoms with Crippen LogP contribution in [0.25, 0.3) is 5.65 Å². The van der Waals surface area contributed by atoms with E-state index in [4.69, 9.17) is 4.74 Å². The number of hydrogen-bond acceptors (Lipinski definition) is 5. The third-order valence-corrected chi connectivity index (χ3v) is 3.99. The summed E-state index contributed by atoms with van der Waals surface area (Å²) in [6.45, 7) is 4.97. The number of ether oxygens (including phenoxy) is 1. The number of benzene rings is 1. The lowest BCUT2D eigenvalue weighted by molar-refractivity contribution is 0.414. The van der Waals surface area contributed by atoms with Crippen LogP contribution in [0.2, 0.25) is 0 Å². The topological polar surface area (TPSA) is 64.3 Å². The lowest BCUT2D eigenvalue weighted by atomic mass is 9.98. The van der Waals surface area contributed by atoms with Gasteiger partial charge in [-0.25, -0.2) is 0 Å². The molecule has 0 saturated carbocycles. The second kappa shape index (κ2) is 6.64. The van der Waals surface area contributed by atoms with Crippen molar-refractivity contribution in [3.63, 3.8) is 0 Å². The van der Waals surface area contributed by atoms with Gasteiger partial charge in [-0.05, 0) is 49.1 Å². The molecule has 3 rings (SSSR count). The van der Waals surface area contributed by atoms with Crippen LogP contribution in [0.3, 0.4) is 0 Å². The van der Waals surface area contributed by atoms with E-state index in [9.17, 15) is 0 Å². The van der Waals surface area contributed by atoms with Gasteiger partial charge < -0.3 is 10.1 Å². The van der Waals surface area contributed by atoms with Gasteiger partial charge in [-0.1, -0.05) is 19.1 Å². The Labute approximate surface area is 135 Å². The first-order chi connectivity index (χ1) is 11.2. The van der Waals surface area contributed by atoms with Crippen molar-refractivity contribution in [3.8, 4) is 5.75 Å². The van der Waals surface area contributed by atoms with Crippen LogP contribution in [0.15, 0.2) is 36.4 Å². The van der Waals surface area contributed by atoms with Gasteiger partial charge >= 0.3 is 0 Å². The molecule has 0 aliphatic rings. The summed E-state index contributed by atoms with van der Waals surface area (Å²) in [6.07, 6.45) is 1.02. The van der Waals surface area contributed by atoms with E-state index in [0.717, 1.165) is 36.0 Å². The second-order valence-corrected chi connectivity index (χ2v) is 5.63. The molecule has 120 valence electrons. The fourth-order valence-corrected chi connectivity index (χ4v) is 2.51. The van der Waals surface area contributed by atoms with Gasteiger partial charge in [0.2, 0.25) is 0 Å². The normalized spacial score (nSPS) is 12.3. The summed E-state index contributed by atoms with van der Waals surface area (Å²) in [6, 6.07) is 12.1. The summed E-state index contributed by atoms with van der Waals surface area (Å²) in [7, 11) is 1.68. The van der Waals surface area contributed by atoms with Crippen molar-refractivity contribution in [2.45, 2.75) is 26.2 Å². The highest BCUT2D eigenvalue weighted by Crippen LogP contribution is 2.21. The van der Waals surface area contributed by atoms with Gasteiger partial charge in [0.1, 0.15) is 11.6 Å². The molecule has 3 aromatic rings. The lowest BCUT2D eigenvalue weighted by Gasteiger charge is -2.13. The van der Waals surface area contributed by atoms with Gasteiger partial charge in [-0.2, -0.15) is 4.52 Å². The van der Waals surface area contributed by atoms with E-state index in [1.165, 1.54) is 5.56 Å². The Morgan fingerprint density at radius 1 is 1.13 bits per heavy atom. The first-order valence-electron chi connectivity index (χ1n) is 7.74. The largest absolute Gasteiger partial charge is 0.497 e. The summed E-state index contributed by atoms with van der Waals surface area (Å²) >= 11 is 0. The van der Waals surface area contributed by atoms with E-state index in [2.05, 4.69) is 39.7 Å². The molecule has 23 heavy (non-hydrogen) atoms. The summed E-state index contributed by atoms with van der Waals surface area (Å²) in [5, 5.41) is 15.9. The van der Waals surface area contributed by atoms with E-state index in [0.29, 0.717) is 5.92 Å². The van der Waals surface area contributed by atoms with Gasteiger partial charge in [-0.15, -0.1) is 15.3 Å². The Balaban J connectivity index is 1.57. The molecule has 1 unspecified atom stereocenters. The van der Waals surface area contributed by atoms with E-state index in [-0.39, 0.29) is 0 Å². The molecule has 0 amide bonds. The molecule has 1 atom stereocenters.